The van der Waals surface area contributed by atoms with E-state index < -0.39 is 38.0 Å². The van der Waals surface area contributed by atoms with Gasteiger partial charge in [-0.2, -0.15) is 0 Å². The molecule has 162 valence electrons. The van der Waals surface area contributed by atoms with Crippen molar-refractivity contribution in [2.24, 2.45) is 0 Å². The number of hydrazine groups is 1. The van der Waals surface area contributed by atoms with Crippen molar-refractivity contribution in [1.29, 1.82) is 0 Å². The Labute approximate surface area is 174 Å². The highest BCUT2D eigenvalue weighted by molar-refractivity contribution is 7.51. The van der Waals surface area contributed by atoms with Crippen LogP contribution in [0, 0.1) is 0 Å². The van der Waals surface area contributed by atoms with Gasteiger partial charge in [0.2, 0.25) is 0 Å². The Morgan fingerprint density at radius 1 is 0.897 bits per heavy atom. The molecule has 0 aliphatic heterocycles. The predicted molar refractivity (Wildman–Crippen MR) is 104 cm³/mol. The lowest BCUT2D eigenvalue weighted by atomic mass is 10.2. The molecular weight excluding hydrogens is 427 g/mol. The molecule has 1 rings (SSSR count). The molecule has 0 bridgehead atoms. The van der Waals surface area contributed by atoms with Gasteiger partial charge in [-0.05, 0) is 52.0 Å². The van der Waals surface area contributed by atoms with Gasteiger partial charge in [-0.15, -0.1) is 9.79 Å². The Bertz CT molecular complexity index is 776. The van der Waals surface area contributed by atoms with Crippen LogP contribution in [0.25, 0.3) is 0 Å². The average molecular weight is 451 g/mol. The molecule has 12 heteroatoms. The number of rotatable bonds is 6. The second-order valence-corrected chi connectivity index (χ2v) is 8.59. The van der Waals surface area contributed by atoms with Gasteiger partial charge in [0.1, 0.15) is 0 Å². The minimum absolute atomic E-state index is 0.0452. The summed E-state index contributed by atoms with van der Waals surface area (Å²) in [6.45, 7) is 6.12. The van der Waals surface area contributed by atoms with Gasteiger partial charge in [0.15, 0.2) is 0 Å². The van der Waals surface area contributed by atoms with Gasteiger partial charge in [0.05, 0.1) is 12.2 Å². The molecule has 0 saturated heterocycles. The summed E-state index contributed by atoms with van der Waals surface area (Å²) in [4.78, 5) is 38.5. The largest absolute Gasteiger partial charge is 0.459 e. The van der Waals surface area contributed by atoms with Crippen LogP contribution in [-0.4, -0.2) is 54.3 Å². The molecule has 0 aromatic heterocycles. The van der Waals surface area contributed by atoms with E-state index in [2.05, 4.69) is 0 Å². The van der Waals surface area contributed by atoms with E-state index in [4.69, 9.17) is 30.1 Å². The Hall–Kier alpha value is -2.13. The lowest BCUT2D eigenvalue weighted by Crippen LogP contribution is -2.52. The van der Waals surface area contributed by atoms with Gasteiger partial charge in [0, 0.05) is 24.8 Å². The van der Waals surface area contributed by atoms with Crippen LogP contribution >= 0.6 is 19.3 Å². The van der Waals surface area contributed by atoms with E-state index in [-0.39, 0.29) is 15.4 Å². The zero-order valence-corrected chi connectivity index (χ0v) is 18.6. The maximum absolute atomic E-state index is 13.1. The molecule has 10 nitrogen and oxygen atoms in total. The van der Waals surface area contributed by atoms with Crippen molar-refractivity contribution in [2.45, 2.75) is 39.9 Å². The van der Waals surface area contributed by atoms with Crippen LogP contribution in [0.1, 0.15) is 38.1 Å². The first kappa shape index (κ1) is 24.9. The van der Waals surface area contributed by atoms with Crippen LogP contribution < -0.4 is 0 Å². The molecule has 0 saturated carbocycles. The number of hydrogen-bond acceptors (Lipinski definition) is 8. The van der Waals surface area contributed by atoms with Gasteiger partial charge in [0.25, 0.3) is 5.91 Å². The van der Waals surface area contributed by atoms with Gasteiger partial charge < -0.3 is 9.47 Å². The standard InChI is InChI=1S/C17H24ClN2O8P/c1-11(2)27-16(22)19(15(21)13-7-9-14(18)10-8-13)20(17(23)28-12(3)4)29(24,25-5)26-6/h7-12H,1-6H3. The number of ether oxygens (including phenoxy) is 2. The molecule has 0 fully saturated rings. The van der Waals surface area contributed by atoms with Crippen LogP contribution in [-0.2, 0) is 23.1 Å². The number of carbonyl (C=O) groups is 3. The highest BCUT2D eigenvalue weighted by Crippen LogP contribution is 2.52. The fourth-order valence-corrected chi connectivity index (χ4v) is 3.19. The Balaban J connectivity index is 3.59. The molecule has 1 aromatic rings. The van der Waals surface area contributed by atoms with Gasteiger partial charge in [-0.3, -0.25) is 13.8 Å². The summed E-state index contributed by atoms with van der Waals surface area (Å²) in [5, 5.41) is 0.565. The zero-order chi connectivity index (χ0) is 22.4. The molecular formula is C17H24ClN2O8P. The van der Waals surface area contributed by atoms with Crippen molar-refractivity contribution in [2.75, 3.05) is 14.2 Å². The fourth-order valence-electron chi connectivity index (χ4n) is 1.98. The molecule has 0 atom stereocenters. The van der Waals surface area contributed by atoms with E-state index in [1.165, 1.54) is 52.0 Å². The van der Waals surface area contributed by atoms with Crippen molar-refractivity contribution in [1.82, 2.24) is 9.79 Å². The van der Waals surface area contributed by atoms with Crippen LogP contribution in [0.3, 0.4) is 0 Å². The molecule has 0 spiro atoms. The average Bonchev–Trinajstić information content (AvgIpc) is 2.64. The molecule has 0 unspecified atom stereocenters. The minimum Gasteiger partial charge on any atom is -0.445 e. The first-order chi connectivity index (χ1) is 13.5. The summed E-state index contributed by atoms with van der Waals surface area (Å²) in [6, 6.07) is 5.45. The molecule has 0 radical (unpaired) electrons. The Kier molecular flexibility index (Phi) is 9.10. The fraction of sp³-hybridized carbons (Fsp3) is 0.471. The number of hydrogen-bond donors (Lipinski definition) is 0. The van der Waals surface area contributed by atoms with Crippen molar-refractivity contribution in [3.8, 4) is 0 Å². The number of nitrogens with zero attached hydrogens (tertiary/aromatic N) is 2. The first-order valence-electron chi connectivity index (χ1n) is 8.50. The van der Waals surface area contributed by atoms with Crippen LogP contribution in [0.5, 0.6) is 0 Å². The lowest BCUT2D eigenvalue weighted by Gasteiger charge is -2.34. The monoisotopic (exact) mass is 450 g/mol. The van der Waals surface area contributed by atoms with Gasteiger partial charge in [-0.1, -0.05) is 11.6 Å². The van der Waals surface area contributed by atoms with E-state index in [1.807, 2.05) is 0 Å². The zero-order valence-electron chi connectivity index (χ0n) is 16.9. The second-order valence-electron chi connectivity index (χ2n) is 6.11. The molecule has 1 aromatic carbocycles. The summed E-state index contributed by atoms with van der Waals surface area (Å²) in [7, 11) is -2.53. The van der Waals surface area contributed by atoms with E-state index in [1.54, 1.807) is 0 Å². The minimum atomic E-state index is -4.50. The second kappa shape index (κ2) is 10.6. The smallest absolute Gasteiger partial charge is 0.445 e. The van der Waals surface area contributed by atoms with Crippen molar-refractivity contribution >= 4 is 37.4 Å². The molecule has 0 aliphatic rings. The number of carbonyl (C=O) groups excluding carboxylic acids is 3. The predicted octanol–water partition coefficient (Wildman–Crippen LogP) is 4.49. The van der Waals surface area contributed by atoms with E-state index in [9.17, 15) is 18.9 Å². The van der Waals surface area contributed by atoms with Gasteiger partial charge in [-0.25, -0.2) is 14.2 Å². The summed E-state index contributed by atoms with van der Waals surface area (Å²) >= 11 is 5.83. The van der Waals surface area contributed by atoms with Crippen LogP contribution in [0.2, 0.25) is 5.02 Å². The quantitative estimate of drug-likeness (QED) is 0.460. The number of imide groups is 1. The third-order valence-corrected chi connectivity index (χ3v) is 5.16. The van der Waals surface area contributed by atoms with Crippen molar-refractivity contribution in [3.63, 3.8) is 0 Å². The molecule has 0 N–H and O–H groups in total. The van der Waals surface area contributed by atoms with E-state index >= 15 is 0 Å². The lowest BCUT2D eigenvalue weighted by molar-refractivity contribution is -0.00528. The molecule has 3 amide bonds. The normalized spacial score (nSPS) is 11.3. The molecule has 29 heavy (non-hydrogen) atoms. The Morgan fingerprint density at radius 3 is 1.76 bits per heavy atom. The summed E-state index contributed by atoms with van der Waals surface area (Å²) in [5.41, 5.74) is -0.0452. The summed E-state index contributed by atoms with van der Waals surface area (Å²) < 4.78 is 33.0. The third kappa shape index (κ3) is 6.43. The third-order valence-electron chi connectivity index (χ3n) is 3.18. The van der Waals surface area contributed by atoms with E-state index in [0.29, 0.717) is 5.02 Å². The number of halogens is 1. The van der Waals surface area contributed by atoms with Crippen LogP contribution in [0.15, 0.2) is 24.3 Å². The highest BCUT2D eigenvalue weighted by Gasteiger charge is 2.48. The summed E-state index contributed by atoms with van der Waals surface area (Å²) in [6.07, 6.45) is -3.92. The topological polar surface area (TPSA) is 112 Å². The number of benzene rings is 1. The van der Waals surface area contributed by atoms with Crippen LogP contribution in [0.4, 0.5) is 9.59 Å². The Morgan fingerprint density at radius 2 is 1.34 bits per heavy atom. The maximum Gasteiger partial charge on any atom is 0.459 e. The first-order valence-corrected chi connectivity index (χ1v) is 10.4. The van der Waals surface area contributed by atoms with Gasteiger partial charge >= 0.3 is 19.9 Å². The van der Waals surface area contributed by atoms with Crippen molar-refractivity contribution < 1.29 is 37.5 Å². The summed E-state index contributed by atoms with van der Waals surface area (Å²) in [5.74, 6) is -1.04. The SMILES string of the molecule is COP(=O)(OC)N(C(=O)OC(C)C)N(C(=O)OC(C)C)C(=O)c1ccc(Cl)cc1. The van der Waals surface area contributed by atoms with Crippen molar-refractivity contribution in [3.05, 3.63) is 34.9 Å². The maximum atomic E-state index is 13.1. The molecule has 0 heterocycles. The highest BCUT2D eigenvalue weighted by atomic mass is 35.5. The molecule has 0 aliphatic carbocycles. The number of amides is 3. The van der Waals surface area contributed by atoms with E-state index in [0.717, 1.165) is 14.2 Å².